The maximum absolute atomic E-state index is 10.8. The van der Waals surface area contributed by atoms with Crippen molar-refractivity contribution in [3.8, 4) is 6.07 Å². The Balaban J connectivity index is 1.77. The summed E-state index contributed by atoms with van der Waals surface area (Å²) in [6.45, 7) is 0.747. The molecule has 0 spiro atoms. The highest BCUT2D eigenvalue weighted by molar-refractivity contribution is 5.59. The van der Waals surface area contributed by atoms with Gasteiger partial charge in [-0.15, -0.1) is 0 Å². The molecule has 1 aromatic carbocycles. The Morgan fingerprint density at radius 3 is 2.85 bits per heavy atom. The van der Waals surface area contributed by atoms with E-state index in [2.05, 4.69) is 5.32 Å². The maximum atomic E-state index is 10.8. The molecule has 2 unspecified atom stereocenters. The third-order valence-corrected chi connectivity index (χ3v) is 3.89. The number of anilines is 1. The van der Waals surface area contributed by atoms with Gasteiger partial charge in [0.15, 0.2) is 0 Å². The predicted molar refractivity (Wildman–Crippen MR) is 72.3 cm³/mol. The summed E-state index contributed by atoms with van der Waals surface area (Å²) in [4.78, 5) is 10.3. The number of nitro benzene ring substituents is 1. The van der Waals surface area contributed by atoms with Crippen molar-refractivity contribution in [1.82, 2.24) is 0 Å². The summed E-state index contributed by atoms with van der Waals surface area (Å²) in [7, 11) is 0. The van der Waals surface area contributed by atoms with Gasteiger partial charge in [0.25, 0.3) is 5.69 Å². The molecule has 1 aliphatic heterocycles. The molecule has 6 nitrogen and oxygen atoms in total. The minimum absolute atomic E-state index is 0.0851. The molecule has 2 aliphatic rings. The van der Waals surface area contributed by atoms with Crippen LogP contribution in [0.2, 0.25) is 0 Å². The second-order valence-electron chi connectivity index (χ2n) is 5.31. The van der Waals surface area contributed by atoms with Crippen molar-refractivity contribution in [3.63, 3.8) is 0 Å². The van der Waals surface area contributed by atoms with Crippen LogP contribution in [0.25, 0.3) is 0 Å². The summed E-state index contributed by atoms with van der Waals surface area (Å²) < 4.78 is 5.74. The first-order chi connectivity index (χ1) is 9.69. The van der Waals surface area contributed by atoms with E-state index in [9.17, 15) is 10.1 Å². The van der Waals surface area contributed by atoms with Crippen LogP contribution in [0.3, 0.4) is 0 Å². The third-order valence-electron chi connectivity index (χ3n) is 3.89. The molecule has 1 heterocycles. The van der Waals surface area contributed by atoms with Gasteiger partial charge >= 0.3 is 0 Å². The molecule has 1 aromatic rings. The molecule has 1 saturated carbocycles. The molecule has 2 fully saturated rings. The number of hydrogen-bond donors (Lipinski definition) is 1. The lowest BCUT2D eigenvalue weighted by Gasteiger charge is -2.20. The molecule has 1 N–H and O–H groups in total. The van der Waals surface area contributed by atoms with Crippen LogP contribution in [0, 0.1) is 27.4 Å². The SMILES string of the molecule is N#Cc1cc(NC2CCOC2C2CC2)ccc1[N+](=O)[O-]. The molecule has 20 heavy (non-hydrogen) atoms. The summed E-state index contributed by atoms with van der Waals surface area (Å²) in [5.74, 6) is 0.642. The highest BCUT2D eigenvalue weighted by Gasteiger charge is 2.40. The number of rotatable bonds is 4. The summed E-state index contributed by atoms with van der Waals surface area (Å²) in [6.07, 6.45) is 3.59. The van der Waals surface area contributed by atoms with Gasteiger partial charge in [-0.1, -0.05) is 0 Å². The van der Waals surface area contributed by atoms with Gasteiger partial charge in [-0.2, -0.15) is 5.26 Å². The Labute approximate surface area is 116 Å². The van der Waals surface area contributed by atoms with Crippen molar-refractivity contribution in [2.75, 3.05) is 11.9 Å². The molecule has 2 atom stereocenters. The molecule has 0 aromatic heterocycles. The van der Waals surface area contributed by atoms with E-state index in [0.29, 0.717) is 5.92 Å². The van der Waals surface area contributed by atoms with Crippen LogP contribution in [0.4, 0.5) is 11.4 Å². The van der Waals surface area contributed by atoms with Crippen LogP contribution < -0.4 is 5.32 Å². The number of benzene rings is 1. The van der Waals surface area contributed by atoms with Crippen molar-refractivity contribution in [2.45, 2.75) is 31.4 Å². The molecule has 1 saturated heterocycles. The lowest BCUT2D eigenvalue weighted by Crippen LogP contribution is -2.30. The van der Waals surface area contributed by atoms with E-state index in [1.54, 1.807) is 12.1 Å². The topological polar surface area (TPSA) is 88.2 Å². The molecule has 0 radical (unpaired) electrons. The lowest BCUT2D eigenvalue weighted by atomic mass is 10.1. The normalized spacial score (nSPS) is 25.1. The second-order valence-corrected chi connectivity index (χ2v) is 5.31. The zero-order chi connectivity index (χ0) is 14.1. The molecule has 6 heteroatoms. The highest BCUT2D eigenvalue weighted by Crippen LogP contribution is 2.39. The van der Waals surface area contributed by atoms with Crippen molar-refractivity contribution in [1.29, 1.82) is 5.26 Å². The fourth-order valence-corrected chi connectivity index (χ4v) is 2.74. The molecule has 3 rings (SSSR count). The fraction of sp³-hybridized carbons (Fsp3) is 0.500. The van der Waals surface area contributed by atoms with Crippen molar-refractivity contribution >= 4 is 11.4 Å². The zero-order valence-corrected chi connectivity index (χ0v) is 10.9. The lowest BCUT2D eigenvalue weighted by molar-refractivity contribution is -0.385. The maximum Gasteiger partial charge on any atom is 0.287 e. The van der Waals surface area contributed by atoms with E-state index < -0.39 is 4.92 Å². The summed E-state index contributed by atoms with van der Waals surface area (Å²) in [6, 6.07) is 6.68. The quantitative estimate of drug-likeness (QED) is 0.672. The Bertz CT molecular complexity index is 578. The number of nitrogens with zero attached hydrogens (tertiary/aromatic N) is 2. The number of nitrogens with one attached hydrogen (secondary N) is 1. The van der Waals surface area contributed by atoms with E-state index in [-0.39, 0.29) is 23.4 Å². The van der Waals surface area contributed by atoms with Crippen LogP contribution in [0.15, 0.2) is 18.2 Å². The van der Waals surface area contributed by atoms with Crippen LogP contribution in [0.5, 0.6) is 0 Å². The molecule has 104 valence electrons. The molecular formula is C14H15N3O3. The third kappa shape index (κ3) is 2.45. The van der Waals surface area contributed by atoms with Crippen LogP contribution in [0.1, 0.15) is 24.8 Å². The second kappa shape index (κ2) is 5.10. The van der Waals surface area contributed by atoms with Crippen molar-refractivity contribution in [2.24, 2.45) is 5.92 Å². The molecule has 1 aliphatic carbocycles. The predicted octanol–water partition coefficient (Wildman–Crippen LogP) is 2.45. The Kier molecular flexibility index (Phi) is 3.28. The van der Waals surface area contributed by atoms with Gasteiger partial charge in [0.1, 0.15) is 11.6 Å². The van der Waals surface area contributed by atoms with Gasteiger partial charge in [-0.05, 0) is 37.3 Å². The number of nitriles is 1. The first-order valence-electron chi connectivity index (χ1n) is 6.75. The average Bonchev–Trinajstić information content (AvgIpc) is 3.19. The first-order valence-corrected chi connectivity index (χ1v) is 6.75. The van der Waals surface area contributed by atoms with Crippen LogP contribution >= 0.6 is 0 Å². The Morgan fingerprint density at radius 1 is 1.40 bits per heavy atom. The van der Waals surface area contributed by atoms with Crippen LogP contribution in [-0.4, -0.2) is 23.7 Å². The molecule has 0 amide bonds. The number of nitro groups is 1. The highest BCUT2D eigenvalue weighted by atomic mass is 16.6. The van der Waals surface area contributed by atoms with E-state index >= 15 is 0 Å². The van der Waals surface area contributed by atoms with E-state index in [4.69, 9.17) is 10.00 Å². The van der Waals surface area contributed by atoms with Gasteiger partial charge < -0.3 is 10.1 Å². The number of ether oxygens (including phenoxy) is 1. The zero-order valence-electron chi connectivity index (χ0n) is 10.9. The van der Waals surface area contributed by atoms with Gasteiger partial charge in [-0.3, -0.25) is 10.1 Å². The molecular weight excluding hydrogens is 258 g/mol. The van der Waals surface area contributed by atoms with Gasteiger partial charge in [0, 0.05) is 18.4 Å². The summed E-state index contributed by atoms with van der Waals surface area (Å²) >= 11 is 0. The van der Waals surface area contributed by atoms with Crippen LogP contribution in [-0.2, 0) is 4.74 Å². The fourth-order valence-electron chi connectivity index (χ4n) is 2.74. The minimum atomic E-state index is -0.534. The Hall–Kier alpha value is -2.13. The van der Waals surface area contributed by atoms with Crippen molar-refractivity contribution in [3.05, 3.63) is 33.9 Å². The van der Waals surface area contributed by atoms with E-state index in [0.717, 1.165) is 18.7 Å². The Morgan fingerprint density at radius 2 is 2.20 bits per heavy atom. The monoisotopic (exact) mass is 273 g/mol. The van der Waals surface area contributed by atoms with E-state index in [1.807, 2.05) is 6.07 Å². The summed E-state index contributed by atoms with van der Waals surface area (Å²) in [5, 5.41) is 23.2. The molecule has 0 bridgehead atoms. The first kappa shape index (κ1) is 12.9. The van der Waals surface area contributed by atoms with Crippen molar-refractivity contribution < 1.29 is 9.66 Å². The van der Waals surface area contributed by atoms with Gasteiger partial charge in [0.2, 0.25) is 0 Å². The minimum Gasteiger partial charge on any atom is -0.380 e. The summed E-state index contributed by atoms with van der Waals surface area (Å²) in [5.41, 5.74) is 0.676. The smallest absolute Gasteiger partial charge is 0.287 e. The average molecular weight is 273 g/mol. The van der Waals surface area contributed by atoms with Gasteiger partial charge in [0.05, 0.1) is 17.1 Å². The van der Waals surface area contributed by atoms with Gasteiger partial charge in [-0.25, -0.2) is 0 Å². The largest absolute Gasteiger partial charge is 0.380 e. The number of hydrogen-bond acceptors (Lipinski definition) is 5. The van der Waals surface area contributed by atoms with E-state index in [1.165, 1.54) is 18.9 Å². The standard InChI is InChI=1S/C14H15N3O3/c15-8-10-7-11(3-4-13(10)17(18)19)16-12-5-6-20-14(12)9-1-2-9/h3-4,7,9,12,14,16H,1-2,5-6H2.